The SMILES string of the molecule is C=C1C[C@@H](O)[C@H](/C=C/Cc2cc3ccccc3s2)[C@H]1C/C=C\CCCC(=O)O. The second-order valence-electron chi connectivity index (χ2n) is 7.49. The molecule has 1 aliphatic carbocycles. The summed E-state index contributed by atoms with van der Waals surface area (Å²) in [7, 11) is 0. The van der Waals surface area contributed by atoms with E-state index in [1.807, 2.05) is 11.3 Å². The van der Waals surface area contributed by atoms with Gasteiger partial charge in [-0.05, 0) is 55.5 Å². The zero-order chi connectivity index (χ0) is 19.9. The molecule has 0 amide bonds. The number of carboxylic acid groups (broad SMARTS) is 1. The number of hydrogen-bond donors (Lipinski definition) is 2. The van der Waals surface area contributed by atoms with E-state index in [1.54, 1.807) is 0 Å². The molecule has 0 unspecified atom stereocenters. The maximum atomic E-state index is 10.5. The number of thiophene rings is 1. The van der Waals surface area contributed by atoms with Crippen molar-refractivity contribution in [2.45, 2.75) is 44.6 Å². The van der Waals surface area contributed by atoms with Gasteiger partial charge in [-0.3, -0.25) is 4.79 Å². The predicted octanol–water partition coefficient (Wildman–Crippen LogP) is 5.75. The highest BCUT2D eigenvalue weighted by atomic mass is 32.1. The van der Waals surface area contributed by atoms with Crippen LogP contribution in [0.15, 0.2) is 66.8 Å². The zero-order valence-corrected chi connectivity index (χ0v) is 16.9. The molecule has 3 atom stereocenters. The standard InChI is InChI=1S/C24H28O3S/c1-17-15-22(25)21(20(17)11-4-2-3-5-14-24(26)27)12-8-10-19-16-18-9-6-7-13-23(18)28-19/h2,4,6-9,12-13,16,20-22,25H,1,3,5,10-11,14-15H2,(H,26,27)/b4-2-,12-8+/t20-,21+,22+/m0/s1. The van der Waals surface area contributed by atoms with Crippen molar-refractivity contribution >= 4 is 27.4 Å². The Balaban J connectivity index is 1.55. The van der Waals surface area contributed by atoms with Gasteiger partial charge in [0.15, 0.2) is 0 Å². The van der Waals surface area contributed by atoms with Gasteiger partial charge in [0.2, 0.25) is 0 Å². The molecule has 2 N–H and O–H groups in total. The second kappa shape index (κ2) is 9.85. The molecular weight excluding hydrogens is 368 g/mol. The molecule has 28 heavy (non-hydrogen) atoms. The minimum absolute atomic E-state index is 0.102. The maximum absolute atomic E-state index is 10.5. The van der Waals surface area contributed by atoms with E-state index >= 15 is 0 Å². The molecule has 2 aromatic rings. The smallest absolute Gasteiger partial charge is 0.303 e. The Morgan fingerprint density at radius 3 is 2.86 bits per heavy atom. The van der Waals surface area contributed by atoms with Gasteiger partial charge >= 0.3 is 5.97 Å². The van der Waals surface area contributed by atoms with Crippen molar-refractivity contribution in [2.75, 3.05) is 0 Å². The molecular formula is C24H28O3S. The van der Waals surface area contributed by atoms with Crippen molar-refractivity contribution in [3.8, 4) is 0 Å². The van der Waals surface area contributed by atoms with Crippen LogP contribution in [0.5, 0.6) is 0 Å². The van der Waals surface area contributed by atoms with E-state index in [-0.39, 0.29) is 24.4 Å². The number of benzene rings is 1. The van der Waals surface area contributed by atoms with Crippen LogP contribution in [0.4, 0.5) is 0 Å². The number of allylic oxidation sites excluding steroid dienone is 3. The van der Waals surface area contributed by atoms with E-state index in [2.05, 4.69) is 61.2 Å². The molecule has 1 aliphatic rings. The Kier molecular flexibility index (Phi) is 7.24. The first kappa shape index (κ1) is 20.6. The lowest BCUT2D eigenvalue weighted by Crippen LogP contribution is -2.16. The number of aliphatic hydroxyl groups excluding tert-OH is 1. The zero-order valence-electron chi connectivity index (χ0n) is 16.1. The van der Waals surface area contributed by atoms with E-state index in [0.717, 1.165) is 24.8 Å². The molecule has 1 aromatic heterocycles. The van der Waals surface area contributed by atoms with Crippen LogP contribution in [0.3, 0.4) is 0 Å². The molecule has 1 fully saturated rings. The molecule has 0 spiro atoms. The molecule has 4 heteroatoms. The van der Waals surface area contributed by atoms with Crippen molar-refractivity contribution in [1.29, 1.82) is 0 Å². The Morgan fingerprint density at radius 2 is 2.07 bits per heavy atom. The number of rotatable bonds is 9. The molecule has 3 rings (SSSR count). The normalized spacial score (nSPS) is 22.8. The summed E-state index contributed by atoms with van der Waals surface area (Å²) >= 11 is 1.82. The minimum Gasteiger partial charge on any atom is -0.481 e. The number of aliphatic carboxylic acids is 1. The molecule has 3 nitrogen and oxygen atoms in total. The summed E-state index contributed by atoms with van der Waals surface area (Å²) in [5, 5.41) is 20.4. The van der Waals surface area contributed by atoms with Crippen LogP contribution in [0, 0.1) is 11.8 Å². The van der Waals surface area contributed by atoms with Crippen LogP contribution in [0.25, 0.3) is 10.1 Å². The number of fused-ring (bicyclic) bond motifs is 1. The lowest BCUT2D eigenvalue weighted by Gasteiger charge is -2.17. The third-order valence-electron chi connectivity index (χ3n) is 5.38. The highest BCUT2D eigenvalue weighted by Gasteiger charge is 2.34. The highest BCUT2D eigenvalue weighted by Crippen LogP contribution is 2.39. The monoisotopic (exact) mass is 396 g/mol. The second-order valence-corrected chi connectivity index (χ2v) is 8.66. The van der Waals surface area contributed by atoms with Gasteiger partial charge in [-0.25, -0.2) is 0 Å². The quantitative estimate of drug-likeness (QED) is 0.419. The van der Waals surface area contributed by atoms with Gasteiger partial charge in [-0.15, -0.1) is 11.3 Å². The summed E-state index contributed by atoms with van der Waals surface area (Å²) in [6, 6.07) is 10.7. The topological polar surface area (TPSA) is 57.5 Å². The van der Waals surface area contributed by atoms with Crippen molar-refractivity contribution in [2.24, 2.45) is 11.8 Å². The fraction of sp³-hybridized carbons (Fsp3) is 0.375. The first-order valence-electron chi connectivity index (χ1n) is 9.91. The van der Waals surface area contributed by atoms with Gasteiger partial charge in [0.25, 0.3) is 0 Å². The maximum Gasteiger partial charge on any atom is 0.303 e. The van der Waals surface area contributed by atoms with Crippen LogP contribution < -0.4 is 0 Å². The predicted molar refractivity (Wildman–Crippen MR) is 117 cm³/mol. The first-order chi connectivity index (χ1) is 13.5. The van der Waals surface area contributed by atoms with Gasteiger partial charge in [-0.1, -0.05) is 54.7 Å². The molecule has 0 saturated heterocycles. The van der Waals surface area contributed by atoms with Gasteiger partial charge in [0.05, 0.1) is 6.10 Å². The number of unbranched alkanes of at least 4 members (excludes halogenated alkanes) is 1. The Hall–Kier alpha value is -2.17. The van der Waals surface area contributed by atoms with Crippen molar-refractivity contribution < 1.29 is 15.0 Å². The van der Waals surface area contributed by atoms with E-state index in [4.69, 9.17) is 5.11 Å². The summed E-state index contributed by atoms with van der Waals surface area (Å²) < 4.78 is 1.31. The van der Waals surface area contributed by atoms with Crippen LogP contribution in [0.1, 0.15) is 37.0 Å². The summed E-state index contributed by atoms with van der Waals surface area (Å²) in [5.74, 6) is -0.389. The first-order valence-corrected chi connectivity index (χ1v) is 10.7. The molecule has 0 radical (unpaired) electrons. The molecule has 1 heterocycles. The van der Waals surface area contributed by atoms with E-state index < -0.39 is 5.97 Å². The summed E-state index contributed by atoms with van der Waals surface area (Å²) in [5.41, 5.74) is 1.11. The van der Waals surface area contributed by atoms with Crippen molar-refractivity contribution in [3.63, 3.8) is 0 Å². The number of aliphatic hydroxyl groups is 1. The van der Waals surface area contributed by atoms with Crippen molar-refractivity contribution in [1.82, 2.24) is 0 Å². The lowest BCUT2D eigenvalue weighted by atomic mass is 9.89. The number of carboxylic acids is 1. The lowest BCUT2D eigenvalue weighted by molar-refractivity contribution is -0.137. The summed E-state index contributed by atoms with van der Waals surface area (Å²) in [4.78, 5) is 11.9. The molecule has 1 aromatic carbocycles. The van der Waals surface area contributed by atoms with Gasteiger partial charge < -0.3 is 10.2 Å². The van der Waals surface area contributed by atoms with Crippen LogP contribution in [0.2, 0.25) is 0 Å². The number of hydrogen-bond acceptors (Lipinski definition) is 3. The van der Waals surface area contributed by atoms with E-state index in [0.29, 0.717) is 12.8 Å². The van der Waals surface area contributed by atoms with Gasteiger partial charge in [0.1, 0.15) is 0 Å². The van der Waals surface area contributed by atoms with Crippen LogP contribution >= 0.6 is 11.3 Å². The molecule has 0 aliphatic heterocycles. The third-order valence-corrected chi connectivity index (χ3v) is 6.52. The Labute approximate surface area is 170 Å². The minimum atomic E-state index is -0.746. The van der Waals surface area contributed by atoms with Crippen LogP contribution in [-0.2, 0) is 11.2 Å². The van der Waals surface area contributed by atoms with Crippen molar-refractivity contribution in [3.05, 3.63) is 71.7 Å². The molecule has 0 bridgehead atoms. The average Bonchev–Trinajstić information content (AvgIpc) is 3.18. The largest absolute Gasteiger partial charge is 0.481 e. The molecule has 1 saturated carbocycles. The van der Waals surface area contributed by atoms with E-state index in [1.165, 1.54) is 15.0 Å². The number of carbonyl (C=O) groups is 1. The van der Waals surface area contributed by atoms with E-state index in [9.17, 15) is 9.90 Å². The summed E-state index contributed by atoms with van der Waals surface area (Å²) in [6.07, 6.45) is 12.2. The summed E-state index contributed by atoms with van der Waals surface area (Å²) in [6.45, 7) is 4.17. The van der Waals surface area contributed by atoms with Gasteiger partial charge in [0, 0.05) is 21.9 Å². The fourth-order valence-electron chi connectivity index (χ4n) is 3.89. The molecule has 148 valence electrons. The van der Waals surface area contributed by atoms with Crippen LogP contribution in [-0.4, -0.2) is 22.3 Å². The average molecular weight is 397 g/mol. The Morgan fingerprint density at radius 1 is 1.25 bits per heavy atom. The Bertz CT molecular complexity index is 844. The van der Waals surface area contributed by atoms with Gasteiger partial charge in [-0.2, -0.15) is 0 Å². The third kappa shape index (κ3) is 5.43. The fourth-order valence-corrected chi connectivity index (χ4v) is 4.93. The highest BCUT2D eigenvalue weighted by molar-refractivity contribution is 7.19.